The van der Waals surface area contributed by atoms with Gasteiger partial charge in [0.1, 0.15) is 11.7 Å². The average molecular weight is 456 g/mol. The van der Waals surface area contributed by atoms with Crippen LogP contribution < -0.4 is 10.2 Å². The van der Waals surface area contributed by atoms with Gasteiger partial charge in [0.2, 0.25) is 5.91 Å². The molecule has 2 aromatic carbocycles. The molecule has 1 amide bonds. The number of hydrogen-bond acceptors (Lipinski definition) is 3. The van der Waals surface area contributed by atoms with Crippen molar-refractivity contribution in [3.05, 3.63) is 94.8 Å². The number of anilines is 1. The first-order valence-corrected chi connectivity index (χ1v) is 10.8. The van der Waals surface area contributed by atoms with Crippen molar-refractivity contribution in [2.45, 2.75) is 38.9 Å². The third-order valence-corrected chi connectivity index (χ3v) is 5.72. The Morgan fingerprint density at radius 1 is 1.03 bits per heavy atom. The Morgan fingerprint density at radius 2 is 1.76 bits per heavy atom. The molecule has 3 rings (SSSR count). The monoisotopic (exact) mass is 455 g/mol. The summed E-state index contributed by atoms with van der Waals surface area (Å²) < 4.78 is 38.3. The van der Waals surface area contributed by atoms with Crippen molar-refractivity contribution in [1.82, 2.24) is 10.3 Å². The first-order valence-electron chi connectivity index (χ1n) is 10.8. The Morgan fingerprint density at radius 3 is 2.33 bits per heavy atom. The minimum absolute atomic E-state index is 0.129. The van der Waals surface area contributed by atoms with Gasteiger partial charge < -0.3 is 10.2 Å². The van der Waals surface area contributed by atoms with Crippen LogP contribution in [0.25, 0.3) is 0 Å². The number of benzene rings is 2. The highest BCUT2D eigenvalue weighted by atomic mass is 19.4. The largest absolute Gasteiger partial charge is 0.433 e. The Kier molecular flexibility index (Phi) is 7.74. The predicted octanol–water partition coefficient (Wildman–Crippen LogP) is 5.64. The fraction of sp³-hybridized carbons (Fsp3) is 0.308. The van der Waals surface area contributed by atoms with Crippen LogP contribution in [0.1, 0.15) is 40.4 Å². The number of halogens is 3. The molecule has 1 N–H and O–H groups in total. The van der Waals surface area contributed by atoms with Crippen LogP contribution in [-0.4, -0.2) is 24.5 Å². The lowest BCUT2D eigenvalue weighted by atomic mass is 10.0. The van der Waals surface area contributed by atoms with Gasteiger partial charge in [-0.2, -0.15) is 13.2 Å². The van der Waals surface area contributed by atoms with E-state index in [0.717, 1.165) is 34.0 Å². The molecule has 0 fully saturated rings. The molecule has 33 heavy (non-hydrogen) atoms. The smallest absolute Gasteiger partial charge is 0.357 e. The van der Waals surface area contributed by atoms with Gasteiger partial charge in [-0.1, -0.05) is 42.5 Å². The number of likely N-dealkylation sites (N-methyl/N-ethyl adjacent to an activating group) is 1. The van der Waals surface area contributed by atoms with E-state index in [1.54, 1.807) is 7.05 Å². The van der Waals surface area contributed by atoms with Crippen molar-refractivity contribution in [1.29, 1.82) is 0 Å². The zero-order valence-electron chi connectivity index (χ0n) is 19.0. The molecule has 0 radical (unpaired) electrons. The molecule has 1 aromatic heterocycles. The quantitative estimate of drug-likeness (QED) is 0.478. The van der Waals surface area contributed by atoms with Crippen molar-refractivity contribution >= 4 is 11.6 Å². The minimum Gasteiger partial charge on any atom is -0.357 e. The van der Waals surface area contributed by atoms with Gasteiger partial charge >= 0.3 is 6.18 Å². The summed E-state index contributed by atoms with van der Waals surface area (Å²) in [6, 6.07) is 17.6. The van der Waals surface area contributed by atoms with Gasteiger partial charge in [-0.3, -0.25) is 9.78 Å². The van der Waals surface area contributed by atoms with Gasteiger partial charge in [-0.15, -0.1) is 0 Å². The highest BCUT2D eigenvalue weighted by Gasteiger charge is 2.32. The fourth-order valence-electron chi connectivity index (χ4n) is 3.75. The summed E-state index contributed by atoms with van der Waals surface area (Å²) in [7, 11) is 1.62. The van der Waals surface area contributed by atoms with Crippen LogP contribution in [0.15, 0.2) is 66.9 Å². The zero-order valence-corrected chi connectivity index (χ0v) is 19.0. The summed E-state index contributed by atoms with van der Waals surface area (Å²) in [6.45, 7) is 4.60. The number of nitrogens with one attached hydrogen (secondary N) is 1. The molecule has 0 saturated heterocycles. The average Bonchev–Trinajstić information content (AvgIpc) is 2.80. The number of rotatable bonds is 8. The van der Waals surface area contributed by atoms with Crippen LogP contribution in [0.5, 0.6) is 0 Å². The number of aryl methyl sites for hydroxylation is 3. The van der Waals surface area contributed by atoms with Gasteiger partial charge in [0.05, 0.1) is 0 Å². The fourth-order valence-corrected chi connectivity index (χ4v) is 3.75. The third-order valence-electron chi connectivity index (χ3n) is 5.72. The Labute approximate surface area is 192 Å². The van der Waals surface area contributed by atoms with Crippen LogP contribution in [-0.2, 0) is 17.4 Å². The first-order chi connectivity index (χ1) is 15.7. The van der Waals surface area contributed by atoms with E-state index >= 15 is 0 Å². The molecule has 1 atom stereocenters. The molecule has 0 bridgehead atoms. The molecule has 4 nitrogen and oxygen atoms in total. The number of carbonyl (C=O) groups is 1. The number of pyridine rings is 1. The highest BCUT2D eigenvalue weighted by molar-refractivity contribution is 5.86. The lowest BCUT2D eigenvalue weighted by molar-refractivity contribution is -0.141. The second-order valence-corrected chi connectivity index (χ2v) is 8.04. The molecule has 0 aliphatic heterocycles. The van der Waals surface area contributed by atoms with Crippen LogP contribution in [0.2, 0.25) is 0 Å². The molecular formula is C26H28F3N3O. The first kappa shape index (κ1) is 24.3. The topological polar surface area (TPSA) is 45.2 Å². The predicted molar refractivity (Wildman–Crippen MR) is 124 cm³/mol. The van der Waals surface area contributed by atoms with Crippen molar-refractivity contribution < 1.29 is 18.0 Å². The van der Waals surface area contributed by atoms with Gasteiger partial charge in [0, 0.05) is 25.5 Å². The molecule has 1 heterocycles. The lowest BCUT2D eigenvalue weighted by Gasteiger charge is -2.33. The molecule has 0 spiro atoms. The van der Waals surface area contributed by atoms with E-state index in [4.69, 9.17) is 0 Å². The highest BCUT2D eigenvalue weighted by Crippen LogP contribution is 2.30. The molecular weight excluding hydrogens is 427 g/mol. The van der Waals surface area contributed by atoms with Crippen molar-refractivity contribution in [3.63, 3.8) is 0 Å². The standard InChI is InChI=1S/C26H28F3N3O/c1-18-11-13-22(16-19(18)2)32(24(25(33)30-3)21-9-5-4-6-10-21)15-7-8-20-12-14-23(31-17-20)26(27,28)29/h4-6,9-14,16-17,24H,7-8,15H2,1-3H3,(H,30,33)/t24-/m0/s1. The summed E-state index contributed by atoms with van der Waals surface area (Å²) in [6.07, 6.45) is -1.99. The summed E-state index contributed by atoms with van der Waals surface area (Å²) in [5.41, 5.74) is 3.89. The Balaban J connectivity index is 1.87. The number of aromatic nitrogens is 1. The van der Waals surface area contributed by atoms with Gasteiger partial charge in [0.25, 0.3) is 0 Å². The summed E-state index contributed by atoms with van der Waals surface area (Å²) in [5, 5.41) is 2.77. The van der Waals surface area contributed by atoms with Crippen LogP contribution in [0.3, 0.4) is 0 Å². The second kappa shape index (κ2) is 10.5. The normalized spacial score (nSPS) is 12.3. The van der Waals surface area contributed by atoms with Gasteiger partial charge in [0.15, 0.2) is 0 Å². The summed E-state index contributed by atoms with van der Waals surface area (Å²) in [5.74, 6) is -0.129. The lowest BCUT2D eigenvalue weighted by Crippen LogP contribution is -2.40. The zero-order chi connectivity index (χ0) is 24.0. The maximum absolute atomic E-state index is 13.0. The Bertz CT molecular complexity index is 1070. The molecule has 3 aromatic rings. The minimum atomic E-state index is -4.45. The number of hydrogen-bond donors (Lipinski definition) is 1. The van der Waals surface area contributed by atoms with E-state index in [-0.39, 0.29) is 5.91 Å². The SMILES string of the molecule is CNC(=O)[C@H](c1ccccc1)N(CCCc1ccc(C(F)(F)F)nc1)c1ccc(C)c(C)c1. The maximum Gasteiger partial charge on any atom is 0.433 e. The van der Waals surface area contributed by atoms with E-state index in [1.165, 1.54) is 12.3 Å². The van der Waals surface area contributed by atoms with Crippen molar-refractivity contribution in [2.24, 2.45) is 0 Å². The van der Waals surface area contributed by atoms with Crippen molar-refractivity contribution in [2.75, 3.05) is 18.5 Å². The van der Waals surface area contributed by atoms with E-state index in [1.807, 2.05) is 56.3 Å². The summed E-state index contributed by atoms with van der Waals surface area (Å²) >= 11 is 0. The molecule has 174 valence electrons. The van der Waals surface area contributed by atoms with Crippen LogP contribution >= 0.6 is 0 Å². The maximum atomic E-state index is 13.0. The molecule has 7 heteroatoms. The van der Waals surface area contributed by atoms with E-state index in [0.29, 0.717) is 19.4 Å². The van der Waals surface area contributed by atoms with Crippen LogP contribution in [0, 0.1) is 13.8 Å². The van der Waals surface area contributed by atoms with E-state index in [9.17, 15) is 18.0 Å². The molecule has 0 saturated carbocycles. The van der Waals surface area contributed by atoms with E-state index in [2.05, 4.69) is 21.3 Å². The second-order valence-electron chi connectivity index (χ2n) is 8.04. The molecule has 0 unspecified atom stereocenters. The number of alkyl halides is 3. The summed E-state index contributed by atoms with van der Waals surface area (Å²) in [4.78, 5) is 18.6. The Hall–Kier alpha value is -3.35. The third kappa shape index (κ3) is 6.12. The number of carbonyl (C=O) groups excluding carboxylic acids is 1. The van der Waals surface area contributed by atoms with Crippen LogP contribution in [0.4, 0.5) is 18.9 Å². The molecule has 0 aliphatic carbocycles. The van der Waals surface area contributed by atoms with Gasteiger partial charge in [-0.25, -0.2) is 0 Å². The number of amides is 1. The van der Waals surface area contributed by atoms with Gasteiger partial charge in [-0.05, 0) is 67.1 Å². The van der Waals surface area contributed by atoms with E-state index < -0.39 is 17.9 Å². The molecule has 0 aliphatic rings. The number of nitrogens with zero attached hydrogens (tertiary/aromatic N) is 2. The van der Waals surface area contributed by atoms with Crippen molar-refractivity contribution in [3.8, 4) is 0 Å².